The summed E-state index contributed by atoms with van der Waals surface area (Å²) in [7, 11) is 0. The Morgan fingerprint density at radius 3 is 2.79 bits per heavy atom. The van der Waals surface area contributed by atoms with Crippen LogP contribution in [0.3, 0.4) is 0 Å². The molecule has 1 aromatic rings. The van der Waals surface area contributed by atoms with Gasteiger partial charge in [-0.3, -0.25) is 4.79 Å². The van der Waals surface area contributed by atoms with Gasteiger partial charge in [0.05, 0.1) is 31.7 Å². The summed E-state index contributed by atoms with van der Waals surface area (Å²) < 4.78 is 10.2. The van der Waals surface area contributed by atoms with Crippen molar-refractivity contribution in [2.45, 2.75) is 19.6 Å². The molecule has 1 unspecified atom stereocenters. The van der Waals surface area contributed by atoms with Gasteiger partial charge >= 0.3 is 5.97 Å². The maximum Gasteiger partial charge on any atom is 0.315 e. The van der Waals surface area contributed by atoms with E-state index in [0.717, 1.165) is 5.56 Å². The van der Waals surface area contributed by atoms with Crippen LogP contribution in [-0.2, 0) is 20.9 Å². The number of rotatable bonds is 9. The summed E-state index contributed by atoms with van der Waals surface area (Å²) in [5.41, 5.74) is 1.08. The van der Waals surface area contributed by atoms with Crippen LogP contribution in [0.5, 0.6) is 0 Å². The molecular formula is C14H20O4S. The lowest BCUT2D eigenvalue weighted by Crippen LogP contribution is -2.19. The van der Waals surface area contributed by atoms with Crippen molar-refractivity contribution in [1.29, 1.82) is 0 Å². The van der Waals surface area contributed by atoms with E-state index < -0.39 is 6.10 Å². The summed E-state index contributed by atoms with van der Waals surface area (Å²) in [6.07, 6.45) is -0.567. The van der Waals surface area contributed by atoms with Crippen LogP contribution in [0.25, 0.3) is 0 Å². The Bertz CT molecular complexity index is 356. The van der Waals surface area contributed by atoms with Gasteiger partial charge in [0.2, 0.25) is 0 Å². The minimum atomic E-state index is -0.567. The number of hydrogen-bond donors (Lipinski definition) is 1. The number of aliphatic hydroxyl groups excluding tert-OH is 1. The molecule has 19 heavy (non-hydrogen) atoms. The minimum Gasteiger partial charge on any atom is -0.465 e. The predicted molar refractivity (Wildman–Crippen MR) is 76.1 cm³/mol. The molecule has 1 atom stereocenters. The van der Waals surface area contributed by atoms with Crippen LogP contribution in [0, 0.1) is 0 Å². The summed E-state index contributed by atoms with van der Waals surface area (Å²) >= 11 is 1.35. The highest BCUT2D eigenvalue weighted by Gasteiger charge is 2.07. The van der Waals surface area contributed by atoms with Crippen molar-refractivity contribution in [2.24, 2.45) is 0 Å². The van der Waals surface area contributed by atoms with E-state index in [0.29, 0.717) is 19.0 Å². The Labute approximate surface area is 118 Å². The van der Waals surface area contributed by atoms with E-state index in [1.54, 1.807) is 6.92 Å². The molecule has 0 aliphatic heterocycles. The second-order valence-electron chi connectivity index (χ2n) is 3.97. The fourth-order valence-electron chi connectivity index (χ4n) is 1.42. The average molecular weight is 284 g/mol. The van der Waals surface area contributed by atoms with E-state index in [-0.39, 0.29) is 18.3 Å². The molecule has 4 nitrogen and oxygen atoms in total. The van der Waals surface area contributed by atoms with Crippen LogP contribution in [0.1, 0.15) is 12.5 Å². The summed E-state index contributed by atoms with van der Waals surface area (Å²) in [6.45, 7) is 2.92. The van der Waals surface area contributed by atoms with Crippen LogP contribution in [-0.4, -0.2) is 41.9 Å². The Morgan fingerprint density at radius 1 is 1.37 bits per heavy atom. The van der Waals surface area contributed by atoms with Crippen molar-refractivity contribution in [3.63, 3.8) is 0 Å². The van der Waals surface area contributed by atoms with E-state index in [1.807, 2.05) is 30.3 Å². The van der Waals surface area contributed by atoms with Gasteiger partial charge in [-0.1, -0.05) is 30.3 Å². The zero-order valence-corrected chi connectivity index (χ0v) is 11.9. The molecule has 0 saturated carbocycles. The van der Waals surface area contributed by atoms with Gasteiger partial charge < -0.3 is 14.6 Å². The van der Waals surface area contributed by atoms with Gasteiger partial charge in [-0.05, 0) is 12.5 Å². The molecule has 0 heterocycles. The Morgan fingerprint density at radius 2 is 2.11 bits per heavy atom. The first-order chi connectivity index (χ1) is 9.22. The Balaban J connectivity index is 2.05. The molecule has 0 fully saturated rings. The smallest absolute Gasteiger partial charge is 0.315 e. The van der Waals surface area contributed by atoms with Gasteiger partial charge in [0.25, 0.3) is 0 Å². The molecule has 0 aliphatic carbocycles. The fourth-order valence-corrected chi connectivity index (χ4v) is 2.15. The zero-order valence-electron chi connectivity index (χ0n) is 11.1. The lowest BCUT2D eigenvalue weighted by Gasteiger charge is -2.10. The molecule has 0 aliphatic rings. The molecule has 106 valence electrons. The van der Waals surface area contributed by atoms with Crippen molar-refractivity contribution in [3.8, 4) is 0 Å². The molecule has 1 aromatic carbocycles. The first-order valence-electron chi connectivity index (χ1n) is 6.25. The van der Waals surface area contributed by atoms with E-state index in [4.69, 9.17) is 9.47 Å². The maximum atomic E-state index is 11.1. The molecule has 0 radical (unpaired) electrons. The highest BCUT2D eigenvalue weighted by atomic mass is 32.2. The molecule has 0 saturated heterocycles. The largest absolute Gasteiger partial charge is 0.465 e. The molecule has 0 bridgehead atoms. The topological polar surface area (TPSA) is 55.8 Å². The molecular weight excluding hydrogens is 264 g/mol. The van der Waals surface area contributed by atoms with Gasteiger partial charge in [-0.25, -0.2) is 0 Å². The summed E-state index contributed by atoms with van der Waals surface area (Å²) in [5, 5.41) is 9.67. The molecule has 1 rings (SSSR count). The summed E-state index contributed by atoms with van der Waals surface area (Å²) in [6, 6.07) is 9.79. The van der Waals surface area contributed by atoms with Crippen LogP contribution in [0.15, 0.2) is 30.3 Å². The minimum absolute atomic E-state index is 0.245. The number of hydrogen-bond acceptors (Lipinski definition) is 5. The normalized spacial score (nSPS) is 12.1. The standard InChI is InChI=1S/C14H20O4S/c1-2-18-14(16)11-19-10-13(15)9-17-8-12-6-4-3-5-7-12/h3-7,13,15H,2,8-11H2,1H3. The number of esters is 1. The number of carbonyl (C=O) groups excluding carboxylic acids is 1. The number of carbonyl (C=O) groups is 1. The number of benzene rings is 1. The molecule has 0 spiro atoms. The van der Waals surface area contributed by atoms with Crippen molar-refractivity contribution in [2.75, 3.05) is 24.7 Å². The highest BCUT2D eigenvalue weighted by molar-refractivity contribution is 7.99. The van der Waals surface area contributed by atoms with Crippen LogP contribution in [0.2, 0.25) is 0 Å². The second kappa shape index (κ2) is 9.83. The monoisotopic (exact) mass is 284 g/mol. The third-order valence-electron chi connectivity index (χ3n) is 2.26. The lowest BCUT2D eigenvalue weighted by molar-refractivity contribution is -0.139. The van der Waals surface area contributed by atoms with E-state index in [9.17, 15) is 9.90 Å². The third kappa shape index (κ3) is 7.87. The van der Waals surface area contributed by atoms with Gasteiger partial charge in [0, 0.05) is 5.75 Å². The average Bonchev–Trinajstić information content (AvgIpc) is 2.40. The summed E-state index contributed by atoms with van der Waals surface area (Å²) in [4.78, 5) is 11.1. The lowest BCUT2D eigenvalue weighted by atomic mass is 10.2. The third-order valence-corrected chi connectivity index (χ3v) is 3.32. The van der Waals surface area contributed by atoms with Gasteiger partial charge in [-0.2, -0.15) is 0 Å². The Kier molecular flexibility index (Phi) is 8.29. The quantitative estimate of drug-likeness (QED) is 0.701. The number of aliphatic hydroxyl groups is 1. The Hall–Kier alpha value is -1.04. The molecule has 0 amide bonds. The fraction of sp³-hybridized carbons (Fsp3) is 0.500. The van der Waals surface area contributed by atoms with Gasteiger partial charge in [-0.15, -0.1) is 11.8 Å². The van der Waals surface area contributed by atoms with Crippen molar-refractivity contribution in [1.82, 2.24) is 0 Å². The first kappa shape index (κ1) is 16.0. The first-order valence-corrected chi connectivity index (χ1v) is 7.41. The van der Waals surface area contributed by atoms with Crippen LogP contribution >= 0.6 is 11.8 Å². The van der Waals surface area contributed by atoms with Gasteiger partial charge in [0.15, 0.2) is 0 Å². The molecule has 1 N–H and O–H groups in total. The van der Waals surface area contributed by atoms with Crippen molar-refractivity contribution in [3.05, 3.63) is 35.9 Å². The number of ether oxygens (including phenoxy) is 2. The SMILES string of the molecule is CCOC(=O)CSCC(O)COCc1ccccc1. The highest BCUT2D eigenvalue weighted by Crippen LogP contribution is 2.06. The van der Waals surface area contributed by atoms with E-state index >= 15 is 0 Å². The van der Waals surface area contributed by atoms with Crippen LogP contribution < -0.4 is 0 Å². The maximum absolute atomic E-state index is 11.1. The van der Waals surface area contributed by atoms with Crippen molar-refractivity contribution < 1.29 is 19.4 Å². The van der Waals surface area contributed by atoms with Gasteiger partial charge in [0.1, 0.15) is 0 Å². The number of thioether (sulfide) groups is 1. The molecule has 5 heteroatoms. The van der Waals surface area contributed by atoms with Crippen molar-refractivity contribution >= 4 is 17.7 Å². The van der Waals surface area contributed by atoms with E-state index in [1.165, 1.54) is 11.8 Å². The molecule has 0 aromatic heterocycles. The van der Waals surface area contributed by atoms with Crippen LogP contribution in [0.4, 0.5) is 0 Å². The second-order valence-corrected chi connectivity index (χ2v) is 5.00. The summed E-state index contributed by atoms with van der Waals surface area (Å²) in [5.74, 6) is 0.488. The zero-order chi connectivity index (χ0) is 13.9. The van der Waals surface area contributed by atoms with E-state index in [2.05, 4.69) is 0 Å². The predicted octanol–water partition coefficient (Wildman–Crippen LogP) is 1.86.